The van der Waals surface area contributed by atoms with E-state index in [-0.39, 0.29) is 29.1 Å². The number of hydrogen-bond acceptors (Lipinski definition) is 4. The Balaban J connectivity index is 1.43. The van der Waals surface area contributed by atoms with E-state index in [1.165, 1.54) is 6.07 Å². The first-order valence-electron chi connectivity index (χ1n) is 11.1. The molecule has 2 aromatic carbocycles. The van der Waals surface area contributed by atoms with Crippen LogP contribution in [0.2, 0.25) is 0 Å². The number of piperidine rings is 1. The first kappa shape index (κ1) is 23.2. The molecule has 2 aliphatic rings. The highest BCUT2D eigenvalue weighted by molar-refractivity contribution is 8.00. The minimum atomic E-state index is -3.78. The topological polar surface area (TPSA) is 78.8 Å². The summed E-state index contributed by atoms with van der Waals surface area (Å²) < 4.78 is 43.6. The fourth-order valence-electron chi connectivity index (χ4n) is 4.39. The molecule has 0 unspecified atom stereocenters. The second-order valence-electron chi connectivity index (χ2n) is 8.71. The quantitative estimate of drug-likeness (QED) is 0.736. The molecule has 1 fully saturated rings. The molecule has 1 N–H and O–H groups in total. The van der Waals surface area contributed by atoms with E-state index in [0.717, 1.165) is 11.1 Å². The highest BCUT2D eigenvalue weighted by Gasteiger charge is 2.35. The van der Waals surface area contributed by atoms with E-state index < -0.39 is 10.0 Å². The van der Waals surface area contributed by atoms with Gasteiger partial charge in [0.1, 0.15) is 16.6 Å². The Morgan fingerprint density at radius 3 is 2.45 bits per heavy atom. The number of likely N-dealkylation sites (tertiary alicyclic amines) is 1. The normalized spacial score (nSPS) is 18.4. The summed E-state index contributed by atoms with van der Waals surface area (Å²) in [5, 5.41) is 2.82. The monoisotopic (exact) mass is 469 g/mol. The zero-order chi connectivity index (χ0) is 23.8. The van der Waals surface area contributed by atoms with Gasteiger partial charge in [0, 0.05) is 36.7 Å². The molecule has 2 heterocycles. The Morgan fingerprint density at radius 2 is 1.79 bits per heavy atom. The third kappa shape index (κ3) is 4.71. The van der Waals surface area contributed by atoms with E-state index in [0.29, 0.717) is 48.5 Å². The highest BCUT2D eigenvalue weighted by Crippen LogP contribution is 2.35. The smallest absolute Gasteiger partial charge is 0.285 e. The van der Waals surface area contributed by atoms with Gasteiger partial charge in [-0.1, -0.05) is 36.4 Å². The van der Waals surface area contributed by atoms with Crippen molar-refractivity contribution in [3.8, 4) is 0 Å². The van der Waals surface area contributed by atoms with E-state index in [2.05, 4.69) is 9.71 Å². The number of amides is 1. The molecule has 2 aromatic rings. The summed E-state index contributed by atoms with van der Waals surface area (Å²) in [6, 6.07) is 12.0. The minimum absolute atomic E-state index is 0.109. The summed E-state index contributed by atoms with van der Waals surface area (Å²) in [6.07, 6.45) is 1.16. The van der Waals surface area contributed by atoms with Crippen molar-refractivity contribution in [2.75, 3.05) is 13.1 Å². The number of halogens is 1. The molecule has 6 nitrogen and oxygen atoms in total. The minimum Gasteiger partial charge on any atom is -0.356 e. The molecular weight excluding hydrogens is 441 g/mol. The predicted molar refractivity (Wildman–Crippen MR) is 127 cm³/mol. The van der Waals surface area contributed by atoms with Crippen molar-refractivity contribution in [2.45, 2.75) is 40.2 Å². The maximum absolute atomic E-state index is 13.8. The lowest BCUT2D eigenvalue weighted by atomic mass is 9.95. The molecule has 1 amide bonds. The van der Waals surface area contributed by atoms with Crippen molar-refractivity contribution >= 4 is 26.7 Å². The zero-order valence-electron chi connectivity index (χ0n) is 19.1. The number of carbonyl (C=O) groups is 1. The average molecular weight is 470 g/mol. The lowest BCUT2D eigenvalue weighted by Crippen LogP contribution is -2.43. The number of hydrogen-bond donors (Lipinski definition) is 1. The molecule has 8 heteroatoms. The molecule has 0 spiro atoms. The van der Waals surface area contributed by atoms with Crippen molar-refractivity contribution in [1.82, 2.24) is 10.2 Å². The second kappa shape index (κ2) is 9.09. The van der Waals surface area contributed by atoms with Crippen LogP contribution in [0, 0.1) is 25.6 Å². The molecule has 0 aromatic heterocycles. The highest BCUT2D eigenvalue weighted by atomic mass is 32.2. The summed E-state index contributed by atoms with van der Waals surface area (Å²) in [5.41, 5.74) is 3.87. The van der Waals surface area contributed by atoms with Crippen LogP contribution in [-0.4, -0.2) is 38.2 Å². The third-order valence-corrected chi connectivity index (χ3v) is 7.96. The first-order valence-corrected chi connectivity index (χ1v) is 12.5. The van der Waals surface area contributed by atoms with Gasteiger partial charge in [-0.2, -0.15) is 8.42 Å². The number of rotatable bonds is 4. The number of carbonyl (C=O) groups excluding carboxylic acids is 1. The maximum atomic E-state index is 13.8. The largest absolute Gasteiger partial charge is 0.356 e. The van der Waals surface area contributed by atoms with Crippen LogP contribution in [0.15, 0.2) is 52.4 Å². The number of sulfonamides is 1. The number of nitrogens with zero attached hydrogens (tertiary/aromatic N) is 2. The van der Waals surface area contributed by atoms with Crippen LogP contribution >= 0.6 is 0 Å². The summed E-state index contributed by atoms with van der Waals surface area (Å²) in [5.74, 6) is -0.180. The maximum Gasteiger partial charge on any atom is 0.285 e. The van der Waals surface area contributed by atoms with E-state index in [4.69, 9.17) is 0 Å². The van der Waals surface area contributed by atoms with Crippen LogP contribution in [0.3, 0.4) is 0 Å². The summed E-state index contributed by atoms with van der Waals surface area (Å²) in [4.78, 5) is 14.8. The van der Waals surface area contributed by atoms with Crippen molar-refractivity contribution in [1.29, 1.82) is 0 Å². The average Bonchev–Trinajstić information content (AvgIpc) is 3.03. The Bertz CT molecular complexity index is 1260. The van der Waals surface area contributed by atoms with Crippen LogP contribution in [-0.2, 0) is 21.4 Å². The fourth-order valence-corrected chi connectivity index (χ4v) is 5.86. The molecule has 4 rings (SSSR count). The SMILES string of the molecule is CC1=C(c2ccc(C)c(C)c2)S(=O)(=O)N=C1N1CCC(C(=O)NCc2ccccc2F)CC1. The summed E-state index contributed by atoms with van der Waals surface area (Å²) in [6.45, 7) is 6.95. The summed E-state index contributed by atoms with van der Waals surface area (Å²) >= 11 is 0. The summed E-state index contributed by atoms with van der Waals surface area (Å²) in [7, 11) is -3.78. The molecule has 0 aliphatic carbocycles. The van der Waals surface area contributed by atoms with Gasteiger partial charge in [-0.05, 0) is 56.4 Å². The van der Waals surface area contributed by atoms with Gasteiger partial charge in [0.15, 0.2) is 0 Å². The van der Waals surface area contributed by atoms with Crippen molar-refractivity contribution in [3.05, 3.63) is 76.1 Å². The lowest BCUT2D eigenvalue weighted by molar-refractivity contribution is -0.126. The van der Waals surface area contributed by atoms with Crippen molar-refractivity contribution in [3.63, 3.8) is 0 Å². The van der Waals surface area contributed by atoms with Crippen molar-refractivity contribution in [2.24, 2.45) is 10.3 Å². The third-order valence-electron chi connectivity index (χ3n) is 6.49. The molecule has 33 heavy (non-hydrogen) atoms. The predicted octanol–water partition coefficient (Wildman–Crippen LogP) is 3.94. The van der Waals surface area contributed by atoms with Crippen LogP contribution in [0.5, 0.6) is 0 Å². The van der Waals surface area contributed by atoms with E-state index >= 15 is 0 Å². The number of amidine groups is 1. The Labute approximate surface area is 194 Å². The van der Waals surface area contributed by atoms with E-state index in [9.17, 15) is 17.6 Å². The van der Waals surface area contributed by atoms with Crippen LogP contribution in [0.1, 0.15) is 42.0 Å². The number of nitrogens with one attached hydrogen (secondary N) is 1. The lowest BCUT2D eigenvalue weighted by Gasteiger charge is -2.32. The van der Waals surface area contributed by atoms with Crippen LogP contribution in [0.25, 0.3) is 4.91 Å². The molecule has 0 atom stereocenters. The standard InChI is InChI=1S/C25H28FN3O3S/c1-16-8-9-20(14-17(16)2)23-18(3)24(28-33(23,31)32)29-12-10-19(11-13-29)25(30)27-15-21-6-4-5-7-22(21)26/h4-9,14,19H,10-13,15H2,1-3H3,(H,27,30). The zero-order valence-corrected chi connectivity index (χ0v) is 19.9. The van der Waals surface area contributed by atoms with Crippen LogP contribution in [0.4, 0.5) is 4.39 Å². The molecule has 0 saturated carbocycles. The molecule has 2 aliphatic heterocycles. The van der Waals surface area contributed by atoms with E-state index in [1.54, 1.807) is 25.1 Å². The van der Waals surface area contributed by atoms with Gasteiger partial charge in [-0.3, -0.25) is 4.79 Å². The van der Waals surface area contributed by atoms with Gasteiger partial charge < -0.3 is 10.2 Å². The van der Waals surface area contributed by atoms with E-state index in [1.807, 2.05) is 36.9 Å². The van der Waals surface area contributed by atoms with Gasteiger partial charge in [-0.25, -0.2) is 4.39 Å². The Morgan fingerprint density at radius 1 is 1.09 bits per heavy atom. The number of aryl methyl sites for hydroxylation is 2. The fraction of sp³-hybridized carbons (Fsp3) is 0.360. The van der Waals surface area contributed by atoms with Gasteiger partial charge in [-0.15, -0.1) is 4.40 Å². The molecule has 174 valence electrons. The van der Waals surface area contributed by atoms with Crippen molar-refractivity contribution < 1.29 is 17.6 Å². The van der Waals surface area contributed by atoms with Gasteiger partial charge in [0.2, 0.25) is 5.91 Å². The Hall–Kier alpha value is -3.00. The first-order chi connectivity index (χ1) is 15.7. The molecule has 1 saturated heterocycles. The van der Waals surface area contributed by atoms with Crippen LogP contribution < -0.4 is 5.32 Å². The molecule has 0 bridgehead atoms. The second-order valence-corrected chi connectivity index (χ2v) is 10.3. The van der Waals surface area contributed by atoms with Gasteiger partial charge >= 0.3 is 0 Å². The van der Waals surface area contributed by atoms with Gasteiger partial charge in [0.25, 0.3) is 10.0 Å². The molecular formula is C25H28FN3O3S. The van der Waals surface area contributed by atoms with Gasteiger partial charge in [0.05, 0.1) is 0 Å². The number of benzene rings is 2. The Kier molecular flexibility index (Phi) is 6.38. The molecule has 0 radical (unpaired) electrons.